The van der Waals surface area contributed by atoms with Gasteiger partial charge in [-0.25, -0.2) is 0 Å². The van der Waals surface area contributed by atoms with Gasteiger partial charge in [0.05, 0.1) is 5.69 Å². The molecule has 0 atom stereocenters. The summed E-state index contributed by atoms with van der Waals surface area (Å²) in [6.07, 6.45) is 3.65. The molecule has 0 spiro atoms. The van der Waals surface area contributed by atoms with Gasteiger partial charge in [-0.1, -0.05) is 60.2 Å². The first-order valence-corrected chi connectivity index (χ1v) is 11.4. The number of hydrogen-bond donors (Lipinski definition) is 1. The normalized spacial score (nSPS) is 15.3. The van der Waals surface area contributed by atoms with Crippen molar-refractivity contribution in [3.8, 4) is 0 Å². The Kier molecular flexibility index (Phi) is 5.59. The molecular formula is C28H23N3O2S. The maximum atomic E-state index is 13.4. The van der Waals surface area contributed by atoms with E-state index in [4.69, 9.17) is 12.2 Å². The average Bonchev–Trinajstić information content (AvgIpc) is 3.14. The highest BCUT2D eigenvalue weighted by atomic mass is 32.1. The molecule has 168 valence electrons. The highest BCUT2D eigenvalue weighted by Gasteiger charge is 2.34. The Balaban J connectivity index is 1.57. The second-order valence-corrected chi connectivity index (χ2v) is 8.90. The first-order valence-electron chi connectivity index (χ1n) is 11.0. The molecule has 2 heterocycles. The van der Waals surface area contributed by atoms with Crippen LogP contribution in [0.1, 0.15) is 22.3 Å². The maximum Gasteiger partial charge on any atom is 0.270 e. The van der Waals surface area contributed by atoms with E-state index in [1.165, 1.54) is 16.0 Å². The Morgan fingerprint density at radius 2 is 1.65 bits per heavy atom. The minimum Gasteiger partial charge on any atom is -0.342 e. The molecule has 5 nitrogen and oxygen atoms in total. The molecule has 0 saturated carbocycles. The lowest BCUT2D eigenvalue weighted by molar-refractivity contribution is -0.122. The first-order chi connectivity index (χ1) is 16.4. The average molecular weight is 466 g/mol. The molecular weight excluding hydrogens is 442 g/mol. The molecule has 0 unspecified atom stereocenters. The summed E-state index contributed by atoms with van der Waals surface area (Å²) in [7, 11) is 0. The summed E-state index contributed by atoms with van der Waals surface area (Å²) in [5.74, 6) is -0.927. The number of aromatic nitrogens is 1. The minimum atomic E-state index is -0.491. The summed E-state index contributed by atoms with van der Waals surface area (Å²) in [5, 5.41) is 3.73. The molecule has 0 radical (unpaired) electrons. The Morgan fingerprint density at radius 3 is 2.41 bits per heavy atom. The topological polar surface area (TPSA) is 54.3 Å². The van der Waals surface area contributed by atoms with Gasteiger partial charge in [0.25, 0.3) is 11.8 Å². The van der Waals surface area contributed by atoms with Crippen molar-refractivity contribution in [2.24, 2.45) is 0 Å². The van der Waals surface area contributed by atoms with Crippen LogP contribution in [0.2, 0.25) is 0 Å². The van der Waals surface area contributed by atoms with Crippen LogP contribution in [0.3, 0.4) is 0 Å². The van der Waals surface area contributed by atoms with Gasteiger partial charge >= 0.3 is 0 Å². The van der Waals surface area contributed by atoms with E-state index in [1.807, 2.05) is 61.7 Å². The van der Waals surface area contributed by atoms with Gasteiger partial charge in [0, 0.05) is 29.2 Å². The molecule has 0 aliphatic carbocycles. The Bertz CT molecular complexity index is 1500. The van der Waals surface area contributed by atoms with E-state index in [2.05, 4.69) is 35.0 Å². The van der Waals surface area contributed by atoms with Crippen molar-refractivity contribution < 1.29 is 9.59 Å². The maximum absolute atomic E-state index is 13.4. The molecule has 1 aromatic heterocycles. The summed E-state index contributed by atoms with van der Waals surface area (Å²) in [6, 6.07) is 23.8. The number of carbonyl (C=O) groups is 2. The number of fused-ring (bicyclic) bond motifs is 1. The molecule has 5 rings (SSSR count). The van der Waals surface area contributed by atoms with Crippen molar-refractivity contribution in [2.45, 2.75) is 20.4 Å². The fraction of sp³-hybridized carbons (Fsp3) is 0.107. The number of hydrogen-bond acceptors (Lipinski definition) is 3. The highest BCUT2D eigenvalue weighted by molar-refractivity contribution is 7.80. The van der Waals surface area contributed by atoms with Gasteiger partial charge in [0.2, 0.25) is 0 Å². The van der Waals surface area contributed by atoms with E-state index >= 15 is 0 Å². The highest BCUT2D eigenvalue weighted by Crippen LogP contribution is 2.27. The summed E-state index contributed by atoms with van der Waals surface area (Å²) in [6.45, 7) is 4.70. The fourth-order valence-corrected chi connectivity index (χ4v) is 4.62. The van der Waals surface area contributed by atoms with Crippen LogP contribution in [0.5, 0.6) is 0 Å². The van der Waals surface area contributed by atoms with Crippen molar-refractivity contribution in [1.82, 2.24) is 9.88 Å². The molecule has 1 aliphatic heterocycles. The zero-order valence-electron chi connectivity index (χ0n) is 18.9. The summed E-state index contributed by atoms with van der Waals surface area (Å²) in [4.78, 5) is 27.6. The molecule has 3 aromatic carbocycles. The second kappa shape index (κ2) is 8.72. The monoisotopic (exact) mass is 465 g/mol. The van der Waals surface area contributed by atoms with Crippen LogP contribution in [-0.2, 0) is 16.1 Å². The predicted octanol–water partition coefficient (Wildman–Crippen LogP) is 5.14. The zero-order valence-corrected chi connectivity index (χ0v) is 19.7. The number of para-hydroxylation sites is 1. The van der Waals surface area contributed by atoms with Gasteiger partial charge in [-0.05, 0) is 61.5 Å². The lowest BCUT2D eigenvalue weighted by Crippen LogP contribution is -2.54. The van der Waals surface area contributed by atoms with Crippen molar-refractivity contribution in [1.29, 1.82) is 0 Å². The SMILES string of the molecule is Cc1cccc(Cn2cc(/C=C3\C(=O)NC(=S)N(c4cccc(C)c4)C3=O)c3ccccc32)c1. The van der Waals surface area contributed by atoms with Gasteiger partial charge in [0.15, 0.2) is 5.11 Å². The summed E-state index contributed by atoms with van der Waals surface area (Å²) >= 11 is 5.33. The third-order valence-electron chi connectivity index (χ3n) is 5.92. The quantitative estimate of drug-likeness (QED) is 0.258. The molecule has 2 amide bonds. The van der Waals surface area contributed by atoms with Crippen molar-refractivity contribution >= 4 is 51.8 Å². The van der Waals surface area contributed by atoms with E-state index < -0.39 is 11.8 Å². The third-order valence-corrected chi connectivity index (χ3v) is 6.20. The Labute approximate surface area is 203 Å². The number of anilines is 1. The number of benzene rings is 3. The van der Waals surface area contributed by atoms with Crippen molar-refractivity contribution in [3.63, 3.8) is 0 Å². The lowest BCUT2D eigenvalue weighted by atomic mass is 10.1. The number of thiocarbonyl (C=S) groups is 1. The summed E-state index contributed by atoms with van der Waals surface area (Å²) < 4.78 is 2.14. The number of aryl methyl sites for hydroxylation is 2. The smallest absolute Gasteiger partial charge is 0.270 e. The third kappa shape index (κ3) is 4.04. The predicted molar refractivity (Wildman–Crippen MR) is 140 cm³/mol. The van der Waals surface area contributed by atoms with Crippen LogP contribution in [0.4, 0.5) is 5.69 Å². The molecule has 34 heavy (non-hydrogen) atoms. The van der Waals surface area contributed by atoms with Gasteiger partial charge < -0.3 is 4.57 Å². The van der Waals surface area contributed by atoms with E-state index in [-0.39, 0.29) is 10.7 Å². The van der Waals surface area contributed by atoms with Crippen LogP contribution in [0.15, 0.2) is 84.6 Å². The molecule has 1 N–H and O–H groups in total. The zero-order chi connectivity index (χ0) is 23.8. The number of amides is 2. The van der Waals surface area contributed by atoms with Gasteiger partial charge in [0.1, 0.15) is 5.57 Å². The number of carbonyl (C=O) groups excluding carboxylic acids is 2. The molecule has 0 bridgehead atoms. The summed E-state index contributed by atoms with van der Waals surface area (Å²) in [5.41, 5.74) is 5.89. The van der Waals surface area contributed by atoms with E-state index in [1.54, 1.807) is 12.1 Å². The van der Waals surface area contributed by atoms with E-state index in [9.17, 15) is 9.59 Å². The van der Waals surface area contributed by atoms with Crippen LogP contribution in [-0.4, -0.2) is 21.5 Å². The van der Waals surface area contributed by atoms with Crippen LogP contribution in [0.25, 0.3) is 17.0 Å². The van der Waals surface area contributed by atoms with Gasteiger partial charge in [-0.3, -0.25) is 19.8 Å². The van der Waals surface area contributed by atoms with E-state index in [0.717, 1.165) is 22.0 Å². The van der Waals surface area contributed by atoms with Crippen LogP contribution >= 0.6 is 12.2 Å². The number of nitrogens with zero attached hydrogens (tertiary/aromatic N) is 2. The van der Waals surface area contributed by atoms with Gasteiger partial charge in [-0.15, -0.1) is 0 Å². The standard InChI is InChI=1S/C28H23N3O2S/c1-18-7-5-9-20(13-18)16-30-17-21(23-11-3-4-12-25(23)30)15-24-26(32)29-28(34)31(27(24)33)22-10-6-8-19(2)14-22/h3-15,17H,16H2,1-2H3,(H,29,32,34)/b24-15+. The van der Waals surface area contributed by atoms with Crippen LogP contribution < -0.4 is 10.2 Å². The second-order valence-electron chi connectivity index (χ2n) is 8.52. The van der Waals surface area contributed by atoms with Crippen LogP contribution in [0, 0.1) is 13.8 Å². The first kappa shape index (κ1) is 21.8. The lowest BCUT2D eigenvalue weighted by Gasteiger charge is -2.29. The molecule has 1 saturated heterocycles. The van der Waals surface area contributed by atoms with Gasteiger partial charge in [-0.2, -0.15) is 0 Å². The molecule has 6 heteroatoms. The molecule has 1 aliphatic rings. The fourth-order valence-electron chi connectivity index (χ4n) is 4.34. The Morgan fingerprint density at radius 1 is 0.912 bits per heavy atom. The minimum absolute atomic E-state index is 0.0496. The van der Waals surface area contributed by atoms with E-state index in [0.29, 0.717) is 12.2 Å². The number of rotatable bonds is 4. The number of nitrogens with one attached hydrogen (secondary N) is 1. The molecule has 1 fully saturated rings. The Hall–Kier alpha value is -4.03. The largest absolute Gasteiger partial charge is 0.342 e. The molecule has 4 aromatic rings. The van der Waals surface area contributed by atoms with Crippen molar-refractivity contribution in [2.75, 3.05) is 4.90 Å². The van der Waals surface area contributed by atoms with Crippen molar-refractivity contribution in [3.05, 3.63) is 107 Å².